The molecule has 1 saturated carbocycles. The standard InChI is InChI=1S/C18H22ClNO2S2/c1-14-15(19)7-5-8-16(14)24(21,22)20-13-18(10-3-2-4-11-18)17-9-6-12-23-17/h5-9,12,20H,2-4,10-11,13H2,1H3. The third kappa shape index (κ3) is 3.54. The van der Waals surface area contributed by atoms with E-state index in [4.69, 9.17) is 11.6 Å². The van der Waals surface area contributed by atoms with Crippen LogP contribution in [-0.2, 0) is 15.4 Å². The summed E-state index contributed by atoms with van der Waals surface area (Å²) in [5, 5.41) is 2.55. The Morgan fingerprint density at radius 1 is 1.17 bits per heavy atom. The fraction of sp³-hybridized carbons (Fsp3) is 0.444. The SMILES string of the molecule is Cc1c(Cl)cccc1S(=O)(=O)NCC1(c2cccs2)CCCCC1. The quantitative estimate of drug-likeness (QED) is 0.798. The predicted octanol–water partition coefficient (Wildman–Crippen LogP) is 4.89. The molecule has 1 heterocycles. The normalized spacial score (nSPS) is 17.8. The molecule has 24 heavy (non-hydrogen) atoms. The summed E-state index contributed by atoms with van der Waals surface area (Å²) in [6.07, 6.45) is 5.59. The molecule has 3 nitrogen and oxygen atoms in total. The van der Waals surface area contributed by atoms with Crippen LogP contribution >= 0.6 is 22.9 Å². The molecule has 1 aliphatic carbocycles. The topological polar surface area (TPSA) is 46.2 Å². The Hall–Kier alpha value is -0.880. The van der Waals surface area contributed by atoms with E-state index in [-0.39, 0.29) is 10.3 Å². The third-order valence-electron chi connectivity index (χ3n) is 4.96. The number of nitrogens with one attached hydrogen (secondary N) is 1. The zero-order valence-electron chi connectivity index (χ0n) is 13.7. The molecule has 0 saturated heterocycles. The highest BCUT2D eigenvalue weighted by Gasteiger charge is 2.36. The van der Waals surface area contributed by atoms with Crippen molar-refractivity contribution in [2.45, 2.75) is 49.3 Å². The molecule has 6 heteroatoms. The van der Waals surface area contributed by atoms with Crippen LogP contribution in [0.5, 0.6) is 0 Å². The number of hydrogen-bond donors (Lipinski definition) is 1. The summed E-state index contributed by atoms with van der Waals surface area (Å²) in [5.74, 6) is 0. The van der Waals surface area contributed by atoms with E-state index in [1.54, 1.807) is 36.5 Å². The third-order valence-corrected chi connectivity index (χ3v) is 8.03. The first kappa shape index (κ1) is 17.9. The Kier molecular flexibility index (Phi) is 5.35. The van der Waals surface area contributed by atoms with Gasteiger partial charge in [0, 0.05) is 21.9 Å². The van der Waals surface area contributed by atoms with Crippen molar-refractivity contribution in [1.29, 1.82) is 0 Å². The van der Waals surface area contributed by atoms with E-state index in [1.807, 2.05) is 6.07 Å². The fourth-order valence-corrected chi connectivity index (χ4v) is 6.12. The average Bonchev–Trinajstić information content (AvgIpc) is 3.11. The van der Waals surface area contributed by atoms with Gasteiger partial charge in [-0.05, 0) is 48.9 Å². The highest BCUT2D eigenvalue weighted by atomic mass is 35.5. The Balaban J connectivity index is 1.85. The molecule has 0 spiro atoms. The second-order valence-corrected chi connectivity index (χ2v) is 9.60. The van der Waals surface area contributed by atoms with Gasteiger partial charge >= 0.3 is 0 Å². The molecule has 130 valence electrons. The van der Waals surface area contributed by atoms with Gasteiger partial charge in [0.2, 0.25) is 10.0 Å². The maximum atomic E-state index is 12.8. The summed E-state index contributed by atoms with van der Waals surface area (Å²) in [5.41, 5.74) is 0.520. The van der Waals surface area contributed by atoms with Crippen LogP contribution < -0.4 is 4.72 Å². The van der Waals surface area contributed by atoms with Gasteiger partial charge in [0.25, 0.3) is 0 Å². The van der Waals surface area contributed by atoms with Crippen molar-refractivity contribution >= 4 is 33.0 Å². The van der Waals surface area contributed by atoms with Gasteiger partial charge in [-0.3, -0.25) is 0 Å². The molecular weight excluding hydrogens is 362 g/mol. The molecular formula is C18H22ClNO2S2. The van der Waals surface area contributed by atoms with Gasteiger partial charge in [0.05, 0.1) is 4.90 Å². The minimum Gasteiger partial charge on any atom is -0.210 e. The van der Waals surface area contributed by atoms with Gasteiger partial charge in [-0.25, -0.2) is 13.1 Å². The molecule has 1 N–H and O–H groups in total. The van der Waals surface area contributed by atoms with Gasteiger partial charge < -0.3 is 0 Å². The van der Waals surface area contributed by atoms with Gasteiger partial charge in [0.15, 0.2) is 0 Å². The first-order valence-corrected chi connectivity index (χ1v) is 11.0. The Bertz CT molecular complexity index is 794. The van der Waals surface area contributed by atoms with Crippen LogP contribution in [0.2, 0.25) is 5.02 Å². The van der Waals surface area contributed by atoms with Crippen LogP contribution in [0.4, 0.5) is 0 Å². The van der Waals surface area contributed by atoms with Crippen molar-refractivity contribution in [3.05, 3.63) is 51.2 Å². The highest BCUT2D eigenvalue weighted by Crippen LogP contribution is 2.41. The smallest absolute Gasteiger partial charge is 0.210 e. The first-order chi connectivity index (χ1) is 11.4. The number of thiophene rings is 1. The van der Waals surface area contributed by atoms with Crippen LogP contribution in [0, 0.1) is 6.92 Å². The van der Waals surface area contributed by atoms with E-state index in [1.165, 1.54) is 11.3 Å². The van der Waals surface area contributed by atoms with Crippen molar-refractivity contribution in [1.82, 2.24) is 4.72 Å². The minimum atomic E-state index is -3.57. The molecule has 0 aliphatic heterocycles. The zero-order chi connectivity index (χ0) is 17.2. The molecule has 1 aromatic heterocycles. The summed E-state index contributed by atoms with van der Waals surface area (Å²) in [6.45, 7) is 2.19. The van der Waals surface area contributed by atoms with E-state index in [0.717, 1.165) is 25.7 Å². The van der Waals surface area contributed by atoms with Crippen LogP contribution in [0.3, 0.4) is 0 Å². The van der Waals surface area contributed by atoms with E-state index in [9.17, 15) is 8.42 Å². The Labute approximate surface area is 153 Å². The Morgan fingerprint density at radius 3 is 2.58 bits per heavy atom. The first-order valence-electron chi connectivity index (χ1n) is 8.23. The van der Waals surface area contributed by atoms with Gasteiger partial charge in [-0.1, -0.05) is 43.0 Å². The number of rotatable bonds is 5. The molecule has 0 amide bonds. The summed E-state index contributed by atoms with van der Waals surface area (Å²) in [7, 11) is -3.57. The molecule has 0 radical (unpaired) electrons. The van der Waals surface area contributed by atoms with E-state index in [0.29, 0.717) is 17.1 Å². The maximum Gasteiger partial charge on any atom is 0.240 e. The molecule has 0 unspecified atom stereocenters. The summed E-state index contributed by atoms with van der Waals surface area (Å²) in [6, 6.07) is 9.19. The molecule has 1 fully saturated rings. The lowest BCUT2D eigenvalue weighted by Gasteiger charge is -2.36. The van der Waals surface area contributed by atoms with Crippen molar-refractivity contribution in [2.24, 2.45) is 0 Å². The van der Waals surface area contributed by atoms with Gasteiger partial charge in [0.1, 0.15) is 0 Å². The lowest BCUT2D eigenvalue weighted by molar-refractivity contribution is 0.298. The van der Waals surface area contributed by atoms with Gasteiger partial charge in [-0.15, -0.1) is 11.3 Å². The van der Waals surface area contributed by atoms with Crippen molar-refractivity contribution in [3.63, 3.8) is 0 Å². The van der Waals surface area contributed by atoms with Gasteiger partial charge in [-0.2, -0.15) is 0 Å². The van der Waals surface area contributed by atoms with Crippen molar-refractivity contribution < 1.29 is 8.42 Å². The van der Waals surface area contributed by atoms with Crippen LogP contribution in [0.1, 0.15) is 42.5 Å². The zero-order valence-corrected chi connectivity index (χ0v) is 16.1. The van der Waals surface area contributed by atoms with Crippen LogP contribution in [-0.4, -0.2) is 15.0 Å². The molecule has 3 rings (SSSR count). The maximum absolute atomic E-state index is 12.8. The second kappa shape index (κ2) is 7.16. The number of benzene rings is 1. The number of hydrogen-bond acceptors (Lipinski definition) is 3. The van der Waals surface area contributed by atoms with Crippen LogP contribution in [0.15, 0.2) is 40.6 Å². The lowest BCUT2D eigenvalue weighted by Crippen LogP contribution is -2.41. The monoisotopic (exact) mass is 383 g/mol. The average molecular weight is 384 g/mol. The van der Waals surface area contributed by atoms with Crippen molar-refractivity contribution in [2.75, 3.05) is 6.54 Å². The predicted molar refractivity (Wildman–Crippen MR) is 100 cm³/mol. The molecule has 2 aromatic rings. The largest absolute Gasteiger partial charge is 0.240 e. The lowest BCUT2D eigenvalue weighted by atomic mass is 9.73. The molecule has 1 aliphatic rings. The van der Waals surface area contributed by atoms with E-state index in [2.05, 4.69) is 16.2 Å². The second-order valence-electron chi connectivity index (χ2n) is 6.51. The summed E-state index contributed by atoms with van der Waals surface area (Å²) in [4.78, 5) is 1.56. The van der Waals surface area contributed by atoms with E-state index < -0.39 is 10.0 Å². The summed E-state index contributed by atoms with van der Waals surface area (Å²) >= 11 is 7.81. The van der Waals surface area contributed by atoms with Crippen LogP contribution in [0.25, 0.3) is 0 Å². The molecule has 1 aromatic carbocycles. The molecule has 0 bridgehead atoms. The molecule has 0 atom stereocenters. The Morgan fingerprint density at radius 2 is 1.92 bits per heavy atom. The fourth-order valence-electron chi connectivity index (χ4n) is 3.51. The minimum absolute atomic E-state index is 0.0774. The number of halogens is 1. The number of sulfonamides is 1. The highest BCUT2D eigenvalue weighted by molar-refractivity contribution is 7.89. The van der Waals surface area contributed by atoms with E-state index >= 15 is 0 Å². The summed E-state index contributed by atoms with van der Waals surface area (Å²) < 4.78 is 28.4. The van der Waals surface area contributed by atoms with Crippen molar-refractivity contribution in [3.8, 4) is 0 Å².